The van der Waals surface area contributed by atoms with Crippen LogP contribution in [-0.2, 0) is 15.2 Å². The molecule has 7 heteroatoms. The van der Waals surface area contributed by atoms with Crippen LogP contribution in [0, 0.1) is 12.8 Å². The summed E-state index contributed by atoms with van der Waals surface area (Å²) in [6.07, 6.45) is 1.26. The smallest absolute Gasteiger partial charge is 0.410 e. The van der Waals surface area contributed by atoms with E-state index in [0.29, 0.717) is 18.9 Å². The Bertz CT molecular complexity index is 992. The number of carbonyl (C=O) groups excluding carboxylic acids is 1. The minimum absolute atomic E-state index is 0.0780. The van der Waals surface area contributed by atoms with Gasteiger partial charge < -0.3 is 9.57 Å². The van der Waals surface area contributed by atoms with Crippen LogP contribution in [0.15, 0.2) is 34.9 Å². The Morgan fingerprint density at radius 3 is 2.61 bits per heavy atom. The highest BCUT2D eigenvalue weighted by Crippen LogP contribution is 2.39. The van der Waals surface area contributed by atoms with Gasteiger partial charge in [-0.1, -0.05) is 36.3 Å². The van der Waals surface area contributed by atoms with Crippen molar-refractivity contribution >= 4 is 23.1 Å². The van der Waals surface area contributed by atoms with Crippen molar-refractivity contribution in [3.8, 4) is 10.4 Å². The van der Waals surface area contributed by atoms with Gasteiger partial charge in [0.15, 0.2) is 5.60 Å². The molecular weight excluding hydrogens is 410 g/mol. The third-order valence-corrected chi connectivity index (χ3v) is 6.89. The maximum Gasteiger partial charge on any atom is 0.410 e. The number of nitrogens with zero attached hydrogens (tertiary/aromatic N) is 3. The summed E-state index contributed by atoms with van der Waals surface area (Å²) in [5.74, 6) is 0.397. The lowest BCUT2D eigenvalue weighted by molar-refractivity contribution is -0.00737. The van der Waals surface area contributed by atoms with Crippen LogP contribution in [0.2, 0.25) is 0 Å². The zero-order valence-electron chi connectivity index (χ0n) is 19.1. The molecule has 1 saturated heterocycles. The van der Waals surface area contributed by atoms with Gasteiger partial charge >= 0.3 is 6.09 Å². The lowest BCUT2D eigenvalue weighted by Gasteiger charge is -2.29. The number of ether oxygens (including phenoxy) is 1. The number of aromatic nitrogens is 1. The van der Waals surface area contributed by atoms with E-state index < -0.39 is 11.2 Å². The first-order valence-electron chi connectivity index (χ1n) is 10.8. The van der Waals surface area contributed by atoms with Crippen LogP contribution < -0.4 is 0 Å². The van der Waals surface area contributed by atoms with Gasteiger partial charge in [0, 0.05) is 13.0 Å². The van der Waals surface area contributed by atoms with Crippen LogP contribution in [-0.4, -0.2) is 39.9 Å². The number of benzene rings is 1. The van der Waals surface area contributed by atoms with E-state index >= 15 is 0 Å². The summed E-state index contributed by atoms with van der Waals surface area (Å²) in [5.41, 5.74) is 5.01. The minimum Gasteiger partial charge on any atom is -0.444 e. The Labute approximate surface area is 188 Å². The molecule has 0 bridgehead atoms. The average Bonchev–Trinajstić information content (AvgIpc) is 3.39. The molecule has 6 nitrogen and oxygen atoms in total. The van der Waals surface area contributed by atoms with Gasteiger partial charge in [-0.15, -0.1) is 11.3 Å². The zero-order valence-corrected chi connectivity index (χ0v) is 20.0. The van der Waals surface area contributed by atoms with Crippen LogP contribution in [0.1, 0.15) is 58.7 Å². The Hall–Kier alpha value is -2.41. The molecule has 1 aromatic carbocycles. The largest absolute Gasteiger partial charge is 0.444 e. The van der Waals surface area contributed by atoms with Crippen molar-refractivity contribution in [2.75, 3.05) is 6.54 Å². The number of likely N-dealkylation sites (tertiary alicyclic amines) is 1. The molecule has 3 atom stereocenters. The fraction of sp³-hybridized carbons (Fsp3) is 0.542. The Morgan fingerprint density at radius 2 is 2.00 bits per heavy atom. The number of thiazole rings is 1. The van der Waals surface area contributed by atoms with Crippen molar-refractivity contribution in [1.82, 2.24) is 9.88 Å². The molecule has 1 amide bonds. The molecule has 0 aliphatic carbocycles. The second kappa shape index (κ2) is 7.93. The Morgan fingerprint density at radius 1 is 1.29 bits per heavy atom. The summed E-state index contributed by atoms with van der Waals surface area (Å²) in [6.45, 7) is 12.6. The SMILES string of the molecule is Cc1ncsc1-c1ccc(C2(C)CC([C@@H]3C[C@@H](C)CN3C(=O)OC(C)(C)C)=NO2)cc1. The van der Waals surface area contributed by atoms with Gasteiger partial charge in [-0.05, 0) is 58.1 Å². The van der Waals surface area contributed by atoms with Crippen LogP contribution in [0.25, 0.3) is 10.4 Å². The molecule has 1 aromatic heterocycles. The first-order valence-corrected chi connectivity index (χ1v) is 11.7. The topological polar surface area (TPSA) is 64.0 Å². The number of aryl methyl sites for hydroxylation is 1. The number of oxime groups is 1. The molecule has 2 aromatic rings. The lowest BCUT2D eigenvalue weighted by atomic mass is 9.87. The molecule has 0 saturated carbocycles. The maximum absolute atomic E-state index is 12.8. The monoisotopic (exact) mass is 441 g/mol. The molecule has 4 rings (SSSR count). The van der Waals surface area contributed by atoms with E-state index in [1.165, 1.54) is 4.88 Å². The summed E-state index contributed by atoms with van der Waals surface area (Å²) in [4.78, 5) is 26.1. The van der Waals surface area contributed by atoms with Crippen LogP contribution >= 0.6 is 11.3 Å². The third kappa shape index (κ3) is 4.47. The fourth-order valence-electron chi connectivity index (χ4n) is 4.34. The molecule has 0 radical (unpaired) electrons. The minimum atomic E-state index is -0.540. The highest BCUT2D eigenvalue weighted by atomic mass is 32.1. The average molecular weight is 442 g/mol. The number of rotatable bonds is 3. The van der Waals surface area contributed by atoms with E-state index in [1.54, 1.807) is 11.3 Å². The quantitative estimate of drug-likeness (QED) is 0.608. The van der Waals surface area contributed by atoms with E-state index in [0.717, 1.165) is 29.0 Å². The summed E-state index contributed by atoms with van der Waals surface area (Å²) < 4.78 is 5.64. The molecule has 31 heavy (non-hydrogen) atoms. The number of carbonyl (C=O) groups is 1. The van der Waals surface area contributed by atoms with Gasteiger partial charge in [-0.2, -0.15) is 0 Å². The highest BCUT2D eigenvalue weighted by Gasteiger charge is 2.45. The van der Waals surface area contributed by atoms with Crippen molar-refractivity contribution in [2.45, 2.75) is 71.6 Å². The molecule has 0 N–H and O–H groups in total. The molecule has 166 valence electrons. The van der Waals surface area contributed by atoms with Crippen LogP contribution in [0.5, 0.6) is 0 Å². The third-order valence-electron chi connectivity index (χ3n) is 5.91. The van der Waals surface area contributed by atoms with Crippen molar-refractivity contribution in [3.05, 3.63) is 41.0 Å². The molecule has 1 fully saturated rings. The van der Waals surface area contributed by atoms with Crippen molar-refractivity contribution in [2.24, 2.45) is 11.1 Å². The van der Waals surface area contributed by atoms with Gasteiger partial charge in [-0.25, -0.2) is 9.78 Å². The van der Waals surface area contributed by atoms with E-state index in [2.05, 4.69) is 48.3 Å². The Balaban J connectivity index is 1.49. The maximum atomic E-state index is 12.8. The standard InChI is InChI=1S/C24H31N3O3S/c1-15-11-20(27(13-15)22(28)29-23(3,4)5)19-12-24(6,30-26-19)18-9-7-17(8-10-18)21-16(2)25-14-31-21/h7-10,14-15,20H,11-13H2,1-6H3/t15-,20+,24?/m1/s1. The van der Waals surface area contributed by atoms with Gasteiger partial charge in [0.1, 0.15) is 5.60 Å². The van der Waals surface area contributed by atoms with Gasteiger partial charge in [0.05, 0.1) is 27.8 Å². The van der Waals surface area contributed by atoms with Gasteiger partial charge in [0.25, 0.3) is 0 Å². The number of hydrogen-bond acceptors (Lipinski definition) is 6. The molecule has 3 heterocycles. The van der Waals surface area contributed by atoms with E-state index in [-0.39, 0.29) is 12.1 Å². The van der Waals surface area contributed by atoms with Crippen LogP contribution in [0.3, 0.4) is 0 Å². The number of hydrogen-bond donors (Lipinski definition) is 0. The number of amides is 1. The molecule has 1 unspecified atom stereocenters. The first-order chi connectivity index (χ1) is 14.6. The second-order valence-corrected chi connectivity index (χ2v) is 10.8. The molecular formula is C24H31N3O3S. The predicted molar refractivity (Wildman–Crippen MR) is 123 cm³/mol. The summed E-state index contributed by atoms with van der Waals surface area (Å²) >= 11 is 1.65. The van der Waals surface area contributed by atoms with Crippen molar-refractivity contribution in [1.29, 1.82) is 0 Å². The summed E-state index contributed by atoms with van der Waals surface area (Å²) in [5, 5.41) is 4.46. The Kier molecular flexibility index (Phi) is 5.58. The normalized spacial score (nSPS) is 26.0. The van der Waals surface area contributed by atoms with Gasteiger partial charge in [0.2, 0.25) is 0 Å². The van der Waals surface area contributed by atoms with E-state index in [9.17, 15) is 4.79 Å². The lowest BCUT2D eigenvalue weighted by Crippen LogP contribution is -2.43. The zero-order chi connectivity index (χ0) is 22.4. The summed E-state index contributed by atoms with van der Waals surface area (Å²) in [7, 11) is 0. The highest BCUT2D eigenvalue weighted by molar-refractivity contribution is 7.13. The van der Waals surface area contributed by atoms with Crippen molar-refractivity contribution in [3.63, 3.8) is 0 Å². The summed E-state index contributed by atoms with van der Waals surface area (Å²) in [6, 6.07) is 8.37. The second-order valence-electron chi connectivity index (χ2n) is 9.92. The van der Waals surface area contributed by atoms with E-state index in [1.807, 2.05) is 38.1 Å². The molecule has 2 aliphatic rings. The van der Waals surface area contributed by atoms with Gasteiger partial charge in [-0.3, -0.25) is 4.90 Å². The van der Waals surface area contributed by atoms with Crippen LogP contribution in [0.4, 0.5) is 4.79 Å². The first kappa shape index (κ1) is 21.8. The fourth-order valence-corrected chi connectivity index (χ4v) is 5.15. The van der Waals surface area contributed by atoms with E-state index in [4.69, 9.17) is 9.57 Å². The van der Waals surface area contributed by atoms with Crippen molar-refractivity contribution < 1.29 is 14.4 Å². The molecule has 2 aliphatic heterocycles. The molecule has 0 spiro atoms. The predicted octanol–water partition coefficient (Wildman–Crippen LogP) is 5.76.